The first kappa shape index (κ1) is 17.8. The number of nitriles is 1. The average Bonchev–Trinajstić information content (AvgIpc) is 3.00. The summed E-state index contributed by atoms with van der Waals surface area (Å²) >= 11 is 0. The largest absolute Gasteiger partial charge is 0.382 e. The number of nitrogen functional groups attached to an aromatic ring is 1. The molecule has 0 saturated heterocycles. The summed E-state index contributed by atoms with van der Waals surface area (Å²) in [6.07, 6.45) is 10.3. The van der Waals surface area contributed by atoms with Crippen molar-refractivity contribution in [2.45, 2.75) is 13.5 Å². The van der Waals surface area contributed by atoms with E-state index in [2.05, 4.69) is 31.8 Å². The average molecular weight is 358 g/mol. The van der Waals surface area contributed by atoms with Crippen molar-refractivity contribution in [2.24, 2.45) is 0 Å². The molecule has 0 amide bonds. The van der Waals surface area contributed by atoms with Crippen LogP contribution in [0.4, 0.5) is 11.6 Å². The van der Waals surface area contributed by atoms with Crippen molar-refractivity contribution >= 4 is 17.7 Å². The molecule has 0 aromatic carbocycles. The molecule has 0 fully saturated rings. The molecule has 27 heavy (non-hydrogen) atoms. The van der Waals surface area contributed by atoms with E-state index in [0.29, 0.717) is 12.4 Å². The van der Waals surface area contributed by atoms with E-state index in [1.807, 2.05) is 41.8 Å². The van der Waals surface area contributed by atoms with Gasteiger partial charge in [-0.05, 0) is 25.1 Å². The number of aromatic nitrogens is 5. The molecule has 0 atom stereocenters. The van der Waals surface area contributed by atoms with E-state index in [9.17, 15) is 5.26 Å². The number of hydrogen-bond donors (Lipinski definition) is 2. The van der Waals surface area contributed by atoms with Gasteiger partial charge in [0.05, 0.1) is 29.8 Å². The molecule has 0 spiro atoms. The van der Waals surface area contributed by atoms with E-state index in [0.717, 1.165) is 22.9 Å². The molecule has 3 rings (SSSR count). The quantitative estimate of drug-likeness (QED) is 0.650. The number of nitrogens with two attached hydrogens (primary N) is 1. The number of nitrogens with zero attached hydrogens (tertiary/aromatic N) is 6. The Bertz CT molecular complexity index is 1030. The molecule has 3 aromatic rings. The van der Waals surface area contributed by atoms with Crippen LogP contribution in [0.25, 0.3) is 11.8 Å². The highest BCUT2D eigenvalue weighted by Crippen LogP contribution is 2.21. The summed E-state index contributed by atoms with van der Waals surface area (Å²) in [5.74, 6) is 1.24. The van der Waals surface area contributed by atoms with E-state index < -0.39 is 0 Å². The van der Waals surface area contributed by atoms with Gasteiger partial charge in [-0.15, -0.1) is 0 Å². The van der Waals surface area contributed by atoms with Gasteiger partial charge < -0.3 is 11.1 Å². The van der Waals surface area contributed by atoms with Crippen LogP contribution in [0.1, 0.15) is 22.8 Å². The van der Waals surface area contributed by atoms with Gasteiger partial charge in [-0.25, -0.2) is 15.0 Å². The number of imidazole rings is 1. The zero-order chi connectivity index (χ0) is 19.2. The standard InChI is InChI=1S/C19H18N8/c1-3-4-7-16-13(2)26-17(27(16)14-6-5-8-22-10-14)11-23-19-15(9-20)18(21)24-12-25-19/h3-8,10,12H,1,11H2,2H3,(H3,21,23,24,25)/b7-4-. The van der Waals surface area contributed by atoms with Crippen molar-refractivity contribution in [1.29, 1.82) is 5.26 Å². The van der Waals surface area contributed by atoms with Crippen molar-refractivity contribution in [2.75, 3.05) is 11.1 Å². The van der Waals surface area contributed by atoms with Crippen molar-refractivity contribution in [1.82, 2.24) is 24.5 Å². The Labute approximate surface area is 156 Å². The summed E-state index contributed by atoms with van der Waals surface area (Å²) in [4.78, 5) is 16.8. The van der Waals surface area contributed by atoms with Crippen molar-refractivity contribution in [3.8, 4) is 11.8 Å². The zero-order valence-electron chi connectivity index (χ0n) is 14.8. The Morgan fingerprint density at radius 2 is 2.26 bits per heavy atom. The maximum atomic E-state index is 9.28. The normalized spacial score (nSPS) is 10.7. The predicted octanol–water partition coefficient (Wildman–Crippen LogP) is 2.63. The third-order valence-corrected chi connectivity index (χ3v) is 3.86. The van der Waals surface area contributed by atoms with Crippen LogP contribution in [0.5, 0.6) is 0 Å². The number of rotatable bonds is 6. The number of nitrogens with one attached hydrogen (secondary N) is 1. The maximum Gasteiger partial charge on any atom is 0.149 e. The molecule has 8 heteroatoms. The summed E-state index contributed by atoms with van der Waals surface area (Å²) in [7, 11) is 0. The minimum atomic E-state index is 0.136. The van der Waals surface area contributed by atoms with Gasteiger partial charge in [-0.2, -0.15) is 5.26 Å². The van der Waals surface area contributed by atoms with Gasteiger partial charge in [-0.3, -0.25) is 9.55 Å². The summed E-state index contributed by atoms with van der Waals surface area (Å²) in [6, 6.07) is 5.83. The molecule has 3 aromatic heterocycles. The molecule has 134 valence electrons. The molecule has 0 aliphatic carbocycles. The van der Waals surface area contributed by atoms with Crippen molar-refractivity contribution in [3.05, 3.63) is 72.4 Å². The molecular weight excluding hydrogens is 340 g/mol. The molecule has 8 nitrogen and oxygen atoms in total. The first-order valence-corrected chi connectivity index (χ1v) is 8.18. The Kier molecular flexibility index (Phi) is 5.23. The zero-order valence-corrected chi connectivity index (χ0v) is 14.8. The highest BCUT2D eigenvalue weighted by Gasteiger charge is 2.15. The first-order valence-electron chi connectivity index (χ1n) is 8.18. The lowest BCUT2D eigenvalue weighted by molar-refractivity contribution is 0.882. The highest BCUT2D eigenvalue weighted by molar-refractivity contribution is 5.62. The Morgan fingerprint density at radius 3 is 2.96 bits per heavy atom. The first-order chi connectivity index (χ1) is 13.2. The molecular formula is C19H18N8. The van der Waals surface area contributed by atoms with Crippen molar-refractivity contribution in [3.63, 3.8) is 0 Å². The monoisotopic (exact) mass is 358 g/mol. The number of allylic oxidation sites excluding steroid dienone is 2. The van der Waals surface area contributed by atoms with E-state index in [4.69, 9.17) is 5.73 Å². The fourth-order valence-electron chi connectivity index (χ4n) is 2.65. The predicted molar refractivity (Wildman–Crippen MR) is 104 cm³/mol. The number of pyridine rings is 1. The van der Waals surface area contributed by atoms with Crippen LogP contribution in [0.15, 0.2) is 49.6 Å². The SMILES string of the molecule is C=C/C=C\c1c(C)nc(CNc2ncnc(N)c2C#N)n1-c1cccnc1. The summed E-state index contributed by atoms with van der Waals surface area (Å²) in [5.41, 5.74) is 8.61. The number of hydrogen-bond acceptors (Lipinski definition) is 7. The lowest BCUT2D eigenvalue weighted by Gasteiger charge is -2.12. The molecule has 0 unspecified atom stereocenters. The Morgan fingerprint density at radius 1 is 1.41 bits per heavy atom. The van der Waals surface area contributed by atoms with Crippen LogP contribution >= 0.6 is 0 Å². The minimum absolute atomic E-state index is 0.136. The van der Waals surface area contributed by atoms with Gasteiger partial charge in [0, 0.05) is 6.20 Å². The third-order valence-electron chi connectivity index (χ3n) is 3.86. The van der Waals surface area contributed by atoms with Crippen LogP contribution in [0.2, 0.25) is 0 Å². The highest BCUT2D eigenvalue weighted by atomic mass is 15.1. The molecule has 3 N–H and O–H groups in total. The number of aryl methyl sites for hydroxylation is 1. The second-order valence-corrected chi connectivity index (χ2v) is 5.59. The van der Waals surface area contributed by atoms with E-state index in [-0.39, 0.29) is 11.4 Å². The van der Waals surface area contributed by atoms with Gasteiger partial charge in [0.2, 0.25) is 0 Å². The second-order valence-electron chi connectivity index (χ2n) is 5.59. The summed E-state index contributed by atoms with van der Waals surface area (Å²) in [5, 5.41) is 12.4. The van der Waals surface area contributed by atoms with Crippen molar-refractivity contribution < 1.29 is 0 Å². The van der Waals surface area contributed by atoms with Crippen LogP contribution < -0.4 is 11.1 Å². The second kappa shape index (κ2) is 7.93. The third kappa shape index (κ3) is 3.67. The van der Waals surface area contributed by atoms with Crippen LogP contribution in [0, 0.1) is 18.3 Å². The molecule has 0 aliphatic heterocycles. The van der Waals surface area contributed by atoms with Gasteiger partial charge in [0.15, 0.2) is 0 Å². The smallest absolute Gasteiger partial charge is 0.149 e. The molecule has 0 radical (unpaired) electrons. The molecule has 3 heterocycles. The Balaban J connectivity index is 2.01. The van der Waals surface area contributed by atoms with Gasteiger partial charge in [0.1, 0.15) is 35.4 Å². The molecule has 0 aliphatic rings. The number of anilines is 2. The van der Waals surface area contributed by atoms with Gasteiger partial charge >= 0.3 is 0 Å². The summed E-state index contributed by atoms with van der Waals surface area (Å²) < 4.78 is 1.99. The van der Waals surface area contributed by atoms with E-state index in [1.165, 1.54) is 6.33 Å². The maximum absolute atomic E-state index is 9.28. The lowest BCUT2D eigenvalue weighted by Crippen LogP contribution is -2.11. The lowest BCUT2D eigenvalue weighted by atomic mass is 10.3. The summed E-state index contributed by atoms with van der Waals surface area (Å²) in [6.45, 7) is 5.99. The van der Waals surface area contributed by atoms with Gasteiger partial charge in [-0.1, -0.05) is 18.7 Å². The van der Waals surface area contributed by atoms with Crippen LogP contribution in [0.3, 0.4) is 0 Å². The van der Waals surface area contributed by atoms with Crippen LogP contribution in [-0.4, -0.2) is 24.5 Å². The fraction of sp³-hybridized carbons (Fsp3) is 0.105. The van der Waals surface area contributed by atoms with E-state index >= 15 is 0 Å². The van der Waals surface area contributed by atoms with Gasteiger partial charge in [0.25, 0.3) is 0 Å². The van der Waals surface area contributed by atoms with E-state index in [1.54, 1.807) is 18.5 Å². The Hall–Kier alpha value is -3.99. The topological polar surface area (TPSA) is 118 Å². The molecule has 0 bridgehead atoms. The fourth-order valence-corrected chi connectivity index (χ4v) is 2.65. The minimum Gasteiger partial charge on any atom is -0.382 e. The van der Waals surface area contributed by atoms with Crippen LogP contribution in [-0.2, 0) is 6.54 Å². The molecule has 0 saturated carbocycles.